The Labute approximate surface area is 123 Å². The third-order valence-electron chi connectivity index (χ3n) is 3.26. The molecule has 0 bridgehead atoms. The van der Waals surface area contributed by atoms with E-state index in [1.807, 2.05) is 0 Å². The summed E-state index contributed by atoms with van der Waals surface area (Å²) in [6.07, 6.45) is 1.74. The van der Waals surface area contributed by atoms with E-state index in [-0.39, 0.29) is 16.3 Å². The number of hydrogen-bond donors (Lipinski definition) is 2. The lowest BCUT2D eigenvalue weighted by molar-refractivity contribution is 0.0984. The van der Waals surface area contributed by atoms with E-state index < -0.39 is 25.1 Å². The van der Waals surface area contributed by atoms with E-state index in [9.17, 15) is 21.9 Å². The van der Waals surface area contributed by atoms with E-state index in [0.29, 0.717) is 26.1 Å². The molecule has 21 heavy (non-hydrogen) atoms. The van der Waals surface area contributed by atoms with E-state index in [2.05, 4.69) is 4.72 Å². The first-order valence-electron chi connectivity index (χ1n) is 6.32. The summed E-state index contributed by atoms with van der Waals surface area (Å²) in [5, 5.41) is 9.10. The summed E-state index contributed by atoms with van der Waals surface area (Å²) in [4.78, 5) is -0.0648. The highest BCUT2D eigenvalue weighted by Crippen LogP contribution is 2.29. The van der Waals surface area contributed by atoms with Crippen LogP contribution in [0.5, 0.6) is 5.75 Å². The minimum absolute atomic E-state index is 0.0648. The van der Waals surface area contributed by atoms with Gasteiger partial charge in [-0.3, -0.25) is 4.72 Å². The van der Waals surface area contributed by atoms with Gasteiger partial charge in [-0.05, 0) is 31.0 Å². The van der Waals surface area contributed by atoms with Crippen LogP contribution in [0.2, 0.25) is 0 Å². The number of rotatable bonds is 4. The van der Waals surface area contributed by atoms with Gasteiger partial charge in [0.15, 0.2) is 9.84 Å². The maximum atomic E-state index is 12.2. The second-order valence-electron chi connectivity index (χ2n) is 4.91. The number of hydrogen-bond acceptors (Lipinski definition) is 6. The highest BCUT2D eigenvalue weighted by Gasteiger charge is 2.28. The molecule has 1 saturated heterocycles. The monoisotopic (exact) mass is 335 g/mol. The summed E-state index contributed by atoms with van der Waals surface area (Å²) in [7, 11) is -7.19. The fourth-order valence-corrected chi connectivity index (χ4v) is 4.15. The van der Waals surface area contributed by atoms with Crippen molar-refractivity contribution in [2.75, 3.05) is 24.2 Å². The van der Waals surface area contributed by atoms with Gasteiger partial charge in [-0.15, -0.1) is 0 Å². The van der Waals surface area contributed by atoms with Crippen molar-refractivity contribution in [3.05, 3.63) is 18.2 Å². The molecule has 0 saturated carbocycles. The molecule has 7 nitrogen and oxygen atoms in total. The minimum Gasteiger partial charge on any atom is -0.506 e. The number of anilines is 1. The fourth-order valence-electron chi connectivity index (χ4n) is 2.05. The predicted octanol–water partition coefficient (Wildman–Crippen LogP) is 0.716. The van der Waals surface area contributed by atoms with Gasteiger partial charge in [0.1, 0.15) is 5.75 Å². The normalized spacial score (nSPS) is 17.6. The van der Waals surface area contributed by atoms with E-state index in [0.717, 1.165) is 18.4 Å². The van der Waals surface area contributed by atoms with Crippen LogP contribution in [-0.4, -0.2) is 46.7 Å². The molecule has 0 aromatic heterocycles. The Hall–Kier alpha value is -1.32. The van der Waals surface area contributed by atoms with Crippen LogP contribution in [0.3, 0.4) is 0 Å². The Morgan fingerprint density at radius 1 is 1.19 bits per heavy atom. The molecule has 1 aliphatic rings. The Morgan fingerprint density at radius 3 is 2.38 bits per heavy atom. The van der Waals surface area contributed by atoms with Crippen LogP contribution in [0.4, 0.5) is 5.69 Å². The maximum absolute atomic E-state index is 12.2. The summed E-state index contributed by atoms with van der Waals surface area (Å²) in [5.41, 5.74) is -0.135. The Bertz CT molecular complexity index is 720. The zero-order valence-electron chi connectivity index (χ0n) is 11.4. The third-order valence-corrected chi connectivity index (χ3v) is 6.22. The van der Waals surface area contributed by atoms with Gasteiger partial charge in [-0.1, -0.05) is 0 Å². The lowest BCUT2D eigenvalue weighted by Gasteiger charge is -2.23. The molecule has 0 unspecified atom stereocenters. The summed E-state index contributed by atoms with van der Waals surface area (Å²) < 4.78 is 54.8. The van der Waals surface area contributed by atoms with Crippen LogP contribution in [0.1, 0.15) is 12.8 Å². The average Bonchev–Trinajstić information content (AvgIpc) is 2.41. The topological polar surface area (TPSA) is 110 Å². The second-order valence-corrected chi connectivity index (χ2v) is 8.89. The Morgan fingerprint density at radius 2 is 1.81 bits per heavy atom. The van der Waals surface area contributed by atoms with Crippen LogP contribution < -0.4 is 4.72 Å². The molecule has 0 atom stereocenters. The standard InChI is InChI=1S/C12H17NO6S2/c1-20(15,16)10-2-3-12(14)11(8-10)13-21(17,18)9-4-6-19-7-5-9/h2-3,8-9,13-14H,4-7H2,1H3. The van der Waals surface area contributed by atoms with Crippen LogP contribution >= 0.6 is 0 Å². The van der Waals surface area contributed by atoms with Gasteiger partial charge < -0.3 is 9.84 Å². The van der Waals surface area contributed by atoms with Crippen molar-refractivity contribution >= 4 is 25.5 Å². The molecule has 2 rings (SSSR count). The number of sulfonamides is 1. The van der Waals surface area contributed by atoms with Crippen LogP contribution in [-0.2, 0) is 24.6 Å². The van der Waals surface area contributed by atoms with E-state index in [1.165, 1.54) is 6.07 Å². The summed E-state index contributed by atoms with van der Waals surface area (Å²) in [6, 6.07) is 3.48. The lowest BCUT2D eigenvalue weighted by atomic mass is 10.2. The van der Waals surface area contributed by atoms with Crippen molar-refractivity contribution in [1.82, 2.24) is 0 Å². The minimum atomic E-state index is -3.71. The Kier molecular flexibility index (Phi) is 4.45. The molecular formula is C12H17NO6S2. The van der Waals surface area contributed by atoms with Gasteiger partial charge in [0.05, 0.1) is 15.8 Å². The molecule has 1 fully saturated rings. The molecule has 0 radical (unpaired) electrons. The number of aromatic hydroxyl groups is 1. The number of nitrogens with one attached hydrogen (secondary N) is 1. The molecule has 0 amide bonds. The van der Waals surface area contributed by atoms with Gasteiger partial charge >= 0.3 is 0 Å². The first kappa shape index (κ1) is 16.1. The van der Waals surface area contributed by atoms with Crippen molar-refractivity contribution in [2.24, 2.45) is 0 Å². The van der Waals surface area contributed by atoms with Crippen LogP contribution in [0.15, 0.2) is 23.1 Å². The first-order valence-corrected chi connectivity index (χ1v) is 9.76. The molecule has 1 aromatic carbocycles. The zero-order chi connectivity index (χ0) is 15.7. The predicted molar refractivity (Wildman–Crippen MR) is 77.6 cm³/mol. The molecule has 9 heteroatoms. The van der Waals surface area contributed by atoms with Crippen LogP contribution in [0.25, 0.3) is 0 Å². The summed E-state index contributed by atoms with van der Waals surface area (Å²) in [6.45, 7) is 0.724. The molecule has 2 N–H and O–H groups in total. The largest absolute Gasteiger partial charge is 0.506 e. The highest BCUT2D eigenvalue weighted by atomic mass is 32.2. The quantitative estimate of drug-likeness (QED) is 0.785. The molecule has 1 aromatic rings. The van der Waals surface area contributed by atoms with Crippen molar-refractivity contribution in [3.8, 4) is 5.75 Å². The van der Waals surface area contributed by atoms with Crippen molar-refractivity contribution in [1.29, 1.82) is 0 Å². The highest BCUT2D eigenvalue weighted by molar-refractivity contribution is 7.93. The maximum Gasteiger partial charge on any atom is 0.235 e. The smallest absolute Gasteiger partial charge is 0.235 e. The molecule has 1 heterocycles. The van der Waals surface area contributed by atoms with Gasteiger partial charge in [0.2, 0.25) is 10.0 Å². The average molecular weight is 335 g/mol. The van der Waals surface area contributed by atoms with E-state index >= 15 is 0 Å². The molecule has 118 valence electrons. The SMILES string of the molecule is CS(=O)(=O)c1ccc(O)c(NS(=O)(=O)C2CCOCC2)c1. The molecular weight excluding hydrogens is 318 g/mol. The second kappa shape index (κ2) is 5.82. The number of phenols is 1. The van der Waals surface area contributed by atoms with E-state index in [1.54, 1.807) is 0 Å². The van der Waals surface area contributed by atoms with Gasteiger partial charge in [0, 0.05) is 19.5 Å². The van der Waals surface area contributed by atoms with Crippen LogP contribution in [0, 0.1) is 0 Å². The van der Waals surface area contributed by atoms with Gasteiger partial charge in [-0.2, -0.15) is 0 Å². The van der Waals surface area contributed by atoms with Gasteiger partial charge in [-0.25, -0.2) is 16.8 Å². The zero-order valence-corrected chi connectivity index (χ0v) is 13.1. The van der Waals surface area contributed by atoms with E-state index in [4.69, 9.17) is 4.74 Å². The third kappa shape index (κ3) is 3.86. The molecule has 1 aliphatic heterocycles. The Balaban J connectivity index is 2.30. The number of phenolic OH excluding ortho intramolecular Hbond substituents is 1. The first-order chi connectivity index (χ1) is 9.70. The number of sulfone groups is 1. The summed E-state index contributed by atoms with van der Waals surface area (Å²) >= 11 is 0. The fraction of sp³-hybridized carbons (Fsp3) is 0.500. The van der Waals surface area contributed by atoms with Gasteiger partial charge in [0.25, 0.3) is 0 Å². The van der Waals surface area contributed by atoms with Crippen molar-refractivity contribution < 1.29 is 26.7 Å². The van der Waals surface area contributed by atoms with Crippen molar-refractivity contribution in [3.63, 3.8) is 0 Å². The number of benzene rings is 1. The lowest BCUT2D eigenvalue weighted by Crippen LogP contribution is -2.33. The molecule has 0 aliphatic carbocycles. The number of ether oxygens (including phenoxy) is 1. The molecule has 0 spiro atoms. The van der Waals surface area contributed by atoms with Crippen molar-refractivity contribution in [2.45, 2.75) is 23.0 Å². The summed E-state index contributed by atoms with van der Waals surface area (Å²) in [5.74, 6) is -0.321.